The fourth-order valence-electron chi connectivity index (χ4n) is 3.12. The van der Waals surface area contributed by atoms with Crippen molar-refractivity contribution in [1.29, 1.82) is 0 Å². The van der Waals surface area contributed by atoms with Crippen molar-refractivity contribution >= 4 is 17.7 Å². The average Bonchev–Trinajstić information content (AvgIpc) is 2.67. The van der Waals surface area contributed by atoms with Crippen LogP contribution in [0.1, 0.15) is 54.3 Å². The van der Waals surface area contributed by atoms with E-state index in [1.807, 2.05) is 13.8 Å². The van der Waals surface area contributed by atoms with Crippen molar-refractivity contribution in [2.45, 2.75) is 33.6 Å². The average molecular weight is 360 g/mol. The van der Waals surface area contributed by atoms with Crippen LogP contribution in [-0.2, 0) is 4.79 Å². The molecule has 3 amide bonds. The smallest absolute Gasteiger partial charge is 0.255 e. The van der Waals surface area contributed by atoms with Gasteiger partial charge in [-0.2, -0.15) is 0 Å². The van der Waals surface area contributed by atoms with Gasteiger partial charge in [0.1, 0.15) is 0 Å². The van der Waals surface area contributed by atoms with Gasteiger partial charge in [-0.15, -0.1) is 0 Å². The monoisotopic (exact) mass is 360 g/mol. The number of amides is 3. The molecule has 1 aromatic heterocycles. The van der Waals surface area contributed by atoms with Crippen molar-refractivity contribution in [3.8, 4) is 0 Å². The molecule has 0 atom stereocenters. The molecule has 1 aromatic rings. The summed E-state index contributed by atoms with van der Waals surface area (Å²) in [6.07, 6.45) is 4.79. The van der Waals surface area contributed by atoms with Gasteiger partial charge in [-0.3, -0.25) is 19.4 Å². The summed E-state index contributed by atoms with van der Waals surface area (Å²) in [6.45, 7) is 9.05. The molecule has 7 nitrogen and oxygen atoms in total. The number of hydrogen-bond donors (Lipinski definition) is 0. The summed E-state index contributed by atoms with van der Waals surface area (Å²) < 4.78 is 0. The number of nitrogens with zero attached hydrogens (tertiary/aromatic N) is 4. The minimum absolute atomic E-state index is 0.0262. The molecule has 0 spiro atoms. The Morgan fingerprint density at radius 2 is 1.50 bits per heavy atom. The van der Waals surface area contributed by atoms with Gasteiger partial charge in [0.05, 0.1) is 11.1 Å². The topological polar surface area (TPSA) is 73.8 Å². The Balaban J connectivity index is 2.09. The van der Waals surface area contributed by atoms with Crippen molar-refractivity contribution < 1.29 is 14.4 Å². The molecule has 0 saturated carbocycles. The Morgan fingerprint density at radius 1 is 0.962 bits per heavy atom. The van der Waals surface area contributed by atoms with E-state index in [0.29, 0.717) is 50.4 Å². The van der Waals surface area contributed by atoms with E-state index < -0.39 is 0 Å². The second-order valence-electron chi connectivity index (χ2n) is 6.55. The van der Waals surface area contributed by atoms with E-state index in [1.165, 1.54) is 19.3 Å². The molecule has 0 aromatic carbocycles. The van der Waals surface area contributed by atoms with E-state index in [-0.39, 0.29) is 17.7 Å². The van der Waals surface area contributed by atoms with Crippen LogP contribution in [0.5, 0.6) is 0 Å². The summed E-state index contributed by atoms with van der Waals surface area (Å²) in [5, 5.41) is 0. The highest BCUT2D eigenvalue weighted by Gasteiger charge is 2.24. The van der Waals surface area contributed by atoms with Gasteiger partial charge >= 0.3 is 0 Å². The first-order valence-corrected chi connectivity index (χ1v) is 9.27. The van der Waals surface area contributed by atoms with Crippen LogP contribution in [0.3, 0.4) is 0 Å². The third-order valence-corrected chi connectivity index (χ3v) is 4.52. The Hall–Kier alpha value is -2.44. The zero-order chi connectivity index (χ0) is 19.1. The number of hydrogen-bond acceptors (Lipinski definition) is 4. The summed E-state index contributed by atoms with van der Waals surface area (Å²) in [7, 11) is 0. The van der Waals surface area contributed by atoms with E-state index in [0.717, 1.165) is 12.8 Å². The van der Waals surface area contributed by atoms with Gasteiger partial charge in [0.15, 0.2) is 0 Å². The lowest BCUT2D eigenvalue weighted by atomic mass is 10.1. The van der Waals surface area contributed by atoms with Gasteiger partial charge < -0.3 is 14.7 Å². The standard InChI is InChI=1S/C19H28N4O3/c1-4-6-22(7-5-2)18(25)16-12-17(14-20-13-16)19(26)23-10-8-21(9-11-23)15(3)24/h12-14H,4-11H2,1-3H3. The van der Waals surface area contributed by atoms with Crippen molar-refractivity contribution in [1.82, 2.24) is 19.7 Å². The zero-order valence-corrected chi connectivity index (χ0v) is 15.9. The molecule has 0 N–H and O–H groups in total. The molecule has 2 rings (SSSR count). The number of rotatable bonds is 6. The van der Waals surface area contributed by atoms with E-state index >= 15 is 0 Å². The van der Waals surface area contributed by atoms with E-state index in [9.17, 15) is 14.4 Å². The Labute approximate surface area is 155 Å². The first-order chi connectivity index (χ1) is 12.5. The Bertz CT molecular complexity index is 648. The summed E-state index contributed by atoms with van der Waals surface area (Å²) >= 11 is 0. The van der Waals surface area contributed by atoms with Crippen molar-refractivity contribution in [3.63, 3.8) is 0 Å². The van der Waals surface area contributed by atoms with Crippen LogP contribution in [0, 0.1) is 0 Å². The molecule has 2 heterocycles. The maximum absolute atomic E-state index is 12.7. The Morgan fingerprint density at radius 3 is 2.04 bits per heavy atom. The fourth-order valence-corrected chi connectivity index (χ4v) is 3.12. The third-order valence-electron chi connectivity index (χ3n) is 4.52. The molecule has 0 unspecified atom stereocenters. The van der Waals surface area contributed by atoms with Crippen molar-refractivity contribution in [2.75, 3.05) is 39.3 Å². The first kappa shape index (κ1) is 19.9. The molecule has 0 radical (unpaired) electrons. The Kier molecular flexibility index (Phi) is 7.12. The maximum Gasteiger partial charge on any atom is 0.255 e. The van der Waals surface area contributed by atoms with E-state index in [2.05, 4.69) is 4.98 Å². The summed E-state index contributed by atoms with van der Waals surface area (Å²) in [4.78, 5) is 46.2. The van der Waals surface area contributed by atoms with Crippen LogP contribution in [0.4, 0.5) is 0 Å². The molecule has 1 aliphatic rings. The zero-order valence-electron chi connectivity index (χ0n) is 15.9. The number of carbonyl (C=O) groups is 3. The van der Waals surface area contributed by atoms with Crippen LogP contribution in [0.25, 0.3) is 0 Å². The molecule has 1 fully saturated rings. The second kappa shape index (κ2) is 9.31. The van der Waals surface area contributed by atoms with E-state index in [1.54, 1.807) is 20.8 Å². The first-order valence-electron chi connectivity index (χ1n) is 9.27. The predicted molar refractivity (Wildman–Crippen MR) is 98.9 cm³/mol. The lowest BCUT2D eigenvalue weighted by molar-refractivity contribution is -0.130. The van der Waals surface area contributed by atoms with Gasteiger partial charge in [0, 0.05) is 58.6 Å². The molecule has 0 aliphatic carbocycles. The normalized spacial score (nSPS) is 14.3. The number of carbonyl (C=O) groups excluding carboxylic acids is 3. The van der Waals surface area contributed by atoms with Crippen LogP contribution >= 0.6 is 0 Å². The molecule has 142 valence electrons. The molecular formula is C19H28N4O3. The van der Waals surface area contributed by atoms with Gasteiger partial charge in [0.25, 0.3) is 11.8 Å². The van der Waals surface area contributed by atoms with Gasteiger partial charge in [-0.25, -0.2) is 0 Å². The highest BCUT2D eigenvalue weighted by molar-refractivity contribution is 5.99. The highest BCUT2D eigenvalue weighted by atomic mass is 16.2. The maximum atomic E-state index is 12.7. The summed E-state index contributed by atoms with van der Waals surface area (Å²) in [5.41, 5.74) is 0.861. The van der Waals surface area contributed by atoms with Crippen LogP contribution < -0.4 is 0 Å². The number of aromatic nitrogens is 1. The summed E-state index contributed by atoms with van der Waals surface area (Å²) in [6, 6.07) is 1.63. The number of piperazine rings is 1. The molecule has 1 saturated heterocycles. The minimum atomic E-state index is -0.145. The lowest BCUT2D eigenvalue weighted by Gasteiger charge is -2.34. The minimum Gasteiger partial charge on any atom is -0.339 e. The highest BCUT2D eigenvalue weighted by Crippen LogP contribution is 2.12. The molecule has 7 heteroatoms. The van der Waals surface area contributed by atoms with E-state index in [4.69, 9.17) is 0 Å². The predicted octanol–water partition coefficient (Wildman–Crippen LogP) is 1.65. The van der Waals surface area contributed by atoms with Gasteiger partial charge in [-0.05, 0) is 18.9 Å². The van der Waals surface area contributed by atoms with Gasteiger partial charge in [0.2, 0.25) is 5.91 Å². The molecule has 1 aliphatic heterocycles. The molecular weight excluding hydrogens is 332 g/mol. The second-order valence-corrected chi connectivity index (χ2v) is 6.55. The largest absolute Gasteiger partial charge is 0.339 e. The van der Waals surface area contributed by atoms with Crippen LogP contribution in [0.2, 0.25) is 0 Å². The van der Waals surface area contributed by atoms with Crippen molar-refractivity contribution in [2.24, 2.45) is 0 Å². The van der Waals surface area contributed by atoms with Crippen LogP contribution in [0.15, 0.2) is 18.5 Å². The third kappa shape index (κ3) is 4.80. The molecule has 0 bridgehead atoms. The lowest BCUT2D eigenvalue weighted by Crippen LogP contribution is -2.50. The fraction of sp³-hybridized carbons (Fsp3) is 0.579. The number of pyridine rings is 1. The molecule has 26 heavy (non-hydrogen) atoms. The van der Waals surface area contributed by atoms with Crippen LogP contribution in [-0.4, -0.2) is 76.7 Å². The summed E-state index contributed by atoms with van der Waals surface area (Å²) in [5.74, 6) is -0.205. The quantitative estimate of drug-likeness (QED) is 0.773. The van der Waals surface area contributed by atoms with Gasteiger partial charge in [-0.1, -0.05) is 13.8 Å². The SMILES string of the molecule is CCCN(CCC)C(=O)c1cncc(C(=O)N2CCN(C(C)=O)CC2)c1. The van der Waals surface area contributed by atoms with Crippen molar-refractivity contribution in [3.05, 3.63) is 29.6 Å².